The number of amidine groups is 1. The molecule has 0 fully saturated rings. The third kappa shape index (κ3) is 4.67. The largest absolute Gasteiger partial charge is 1.00 e. The van der Waals surface area contributed by atoms with Crippen LogP contribution in [0.2, 0.25) is 0 Å². The highest BCUT2D eigenvalue weighted by atomic mass is 35.5. The highest BCUT2D eigenvalue weighted by Gasteiger charge is 2.15. The lowest BCUT2D eigenvalue weighted by Gasteiger charge is -2.06. The van der Waals surface area contributed by atoms with Gasteiger partial charge in [-0.1, -0.05) is 0 Å². The van der Waals surface area contributed by atoms with Gasteiger partial charge < -0.3 is 17.1 Å². The van der Waals surface area contributed by atoms with E-state index in [0.717, 1.165) is 24.5 Å². The molecule has 0 atom stereocenters. The predicted octanol–water partition coefficient (Wildman–Crippen LogP) is -2.36. The van der Waals surface area contributed by atoms with E-state index < -0.39 is 11.0 Å². The maximum Gasteiger partial charge on any atom is 0.417 e. The fourth-order valence-electron chi connectivity index (χ4n) is 2.25. The average molecular weight is 363 g/mol. The topological polar surface area (TPSA) is 107 Å². The number of halogens is 1. The summed E-state index contributed by atoms with van der Waals surface area (Å²) in [4.78, 5) is 25.1. The number of nitro benzene ring substituents is 1. The number of nitro groups is 1. The van der Waals surface area contributed by atoms with Gasteiger partial charge >= 0.3 is 6.09 Å². The van der Waals surface area contributed by atoms with Crippen molar-refractivity contribution in [2.24, 2.45) is 0 Å². The van der Waals surface area contributed by atoms with Crippen LogP contribution in [0.4, 0.5) is 16.2 Å². The van der Waals surface area contributed by atoms with E-state index >= 15 is 0 Å². The van der Waals surface area contributed by atoms with Gasteiger partial charge in [0.2, 0.25) is 0 Å². The van der Waals surface area contributed by atoms with Crippen LogP contribution in [0.25, 0.3) is 0 Å². The molecule has 0 saturated carbocycles. The van der Waals surface area contributed by atoms with Crippen molar-refractivity contribution in [2.45, 2.75) is 0 Å². The number of nitrogens with zero attached hydrogens (tertiary/aromatic N) is 1. The molecule has 3 N–H and O–H groups in total. The van der Waals surface area contributed by atoms with Gasteiger partial charge in [0.25, 0.3) is 11.5 Å². The molecule has 3 rings (SSSR count). The maximum atomic E-state index is 11.8. The van der Waals surface area contributed by atoms with Gasteiger partial charge in [0, 0.05) is 17.8 Å². The molecule has 0 saturated heterocycles. The summed E-state index contributed by atoms with van der Waals surface area (Å²) in [6.45, 7) is 1.76. The summed E-state index contributed by atoms with van der Waals surface area (Å²) < 4.78 is 5.18. The zero-order valence-electron chi connectivity index (χ0n) is 13.0. The molecule has 0 unspecified atom stereocenters. The summed E-state index contributed by atoms with van der Waals surface area (Å²) in [7, 11) is 0. The molecule has 9 heteroatoms. The number of carbonyl (C=O) groups is 1. The summed E-state index contributed by atoms with van der Waals surface area (Å²) >= 11 is 0. The Bertz CT molecular complexity index is 791. The number of nitrogens with one attached hydrogen (secondary N) is 3. The first-order chi connectivity index (χ1) is 11.6. The second-order valence-corrected chi connectivity index (χ2v) is 5.07. The van der Waals surface area contributed by atoms with E-state index in [1.54, 1.807) is 12.1 Å². The average Bonchev–Trinajstić information content (AvgIpc) is 3.10. The molecule has 1 amide bonds. The van der Waals surface area contributed by atoms with E-state index in [2.05, 4.69) is 15.6 Å². The van der Waals surface area contributed by atoms with Gasteiger partial charge in [-0.25, -0.2) is 4.79 Å². The van der Waals surface area contributed by atoms with Crippen molar-refractivity contribution in [2.75, 3.05) is 18.4 Å². The van der Waals surface area contributed by atoms with Crippen LogP contribution in [-0.4, -0.2) is 29.9 Å². The van der Waals surface area contributed by atoms with E-state index in [4.69, 9.17) is 4.74 Å². The van der Waals surface area contributed by atoms with Crippen molar-refractivity contribution in [3.05, 3.63) is 64.2 Å². The van der Waals surface area contributed by atoms with E-state index in [1.807, 2.05) is 12.1 Å². The van der Waals surface area contributed by atoms with Crippen molar-refractivity contribution >= 4 is 23.3 Å². The first kappa shape index (κ1) is 18.2. The Hall–Kier alpha value is -3.13. The second-order valence-electron chi connectivity index (χ2n) is 5.07. The molecular formula is C16H15ClN4O4. The summed E-state index contributed by atoms with van der Waals surface area (Å²) in [6.07, 6.45) is -0.665. The van der Waals surface area contributed by atoms with Crippen LogP contribution >= 0.6 is 0 Å². The number of anilines is 1. The van der Waals surface area contributed by atoms with Crippen LogP contribution < -0.4 is 32.8 Å². The minimum Gasteiger partial charge on any atom is -1.00 e. The zero-order valence-corrected chi connectivity index (χ0v) is 13.7. The molecule has 1 heterocycles. The number of benzene rings is 2. The van der Waals surface area contributed by atoms with Crippen LogP contribution in [0.15, 0.2) is 48.5 Å². The fraction of sp³-hybridized carbons (Fsp3) is 0.125. The fourth-order valence-corrected chi connectivity index (χ4v) is 2.25. The van der Waals surface area contributed by atoms with E-state index in [9.17, 15) is 14.9 Å². The number of hydrogen-bond donors (Lipinski definition) is 3. The first-order valence-corrected chi connectivity index (χ1v) is 7.30. The molecule has 1 aliphatic rings. The van der Waals surface area contributed by atoms with Gasteiger partial charge in [-0.3, -0.25) is 25.7 Å². The SMILES string of the molecule is O=C(Nc1ccc([N+](=O)[O-])cc1)Oc1ccc(C2=[NH+]CCN2)cc1.[Cl-]. The third-order valence-corrected chi connectivity index (χ3v) is 3.41. The number of rotatable bonds is 4. The van der Waals surface area contributed by atoms with E-state index in [1.165, 1.54) is 24.3 Å². The lowest BCUT2D eigenvalue weighted by molar-refractivity contribution is -0.444. The lowest BCUT2D eigenvalue weighted by atomic mass is 10.2. The predicted molar refractivity (Wildman–Crippen MR) is 87.1 cm³/mol. The van der Waals surface area contributed by atoms with Gasteiger partial charge in [-0.15, -0.1) is 0 Å². The Labute approximate surface area is 149 Å². The highest BCUT2D eigenvalue weighted by Crippen LogP contribution is 2.17. The molecule has 1 aliphatic heterocycles. The molecule has 2 aromatic carbocycles. The van der Waals surface area contributed by atoms with Gasteiger partial charge in [0.15, 0.2) is 0 Å². The van der Waals surface area contributed by atoms with E-state index in [-0.39, 0.29) is 18.1 Å². The molecule has 2 aromatic rings. The minimum atomic E-state index is -0.665. The molecule has 0 radical (unpaired) electrons. The van der Waals surface area contributed by atoms with Crippen molar-refractivity contribution in [3.63, 3.8) is 0 Å². The van der Waals surface area contributed by atoms with Crippen molar-refractivity contribution in [1.82, 2.24) is 5.32 Å². The van der Waals surface area contributed by atoms with Crippen molar-refractivity contribution in [3.8, 4) is 5.75 Å². The number of non-ortho nitro benzene ring substituents is 1. The molecule has 0 spiro atoms. The first-order valence-electron chi connectivity index (χ1n) is 7.30. The van der Waals surface area contributed by atoms with Crippen LogP contribution in [0.5, 0.6) is 5.75 Å². The van der Waals surface area contributed by atoms with Crippen LogP contribution in [0.3, 0.4) is 0 Å². The molecule has 25 heavy (non-hydrogen) atoms. The monoisotopic (exact) mass is 362 g/mol. The lowest BCUT2D eigenvalue weighted by Crippen LogP contribution is -3.00. The third-order valence-electron chi connectivity index (χ3n) is 3.41. The Kier molecular flexibility index (Phi) is 5.91. The van der Waals surface area contributed by atoms with Crippen LogP contribution in [-0.2, 0) is 0 Å². The molecule has 130 valence electrons. The molecular weight excluding hydrogens is 348 g/mol. The zero-order chi connectivity index (χ0) is 16.9. The molecule has 0 aromatic heterocycles. The molecule has 0 bridgehead atoms. The van der Waals surface area contributed by atoms with Gasteiger partial charge in [0.05, 0.1) is 10.5 Å². The normalized spacial score (nSPS) is 12.4. The van der Waals surface area contributed by atoms with Crippen molar-refractivity contribution < 1.29 is 31.9 Å². The second kappa shape index (κ2) is 8.11. The summed E-state index contributed by atoms with van der Waals surface area (Å²) in [5.41, 5.74) is 1.35. The minimum absolute atomic E-state index is 0. The Morgan fingerprint density at radius 1 is 1.16 bits per heavy atom. The standard InChI is InChI=1S/C16H14N4O4.ClH/c21-16(19-12-3-5-13(6-4-12)20(22)23)24-14-7-1-11(2-8-14)15-17-9-10-18-15;/h1-8H,9-10H2,(H,17,18)(H,19,21);1H. The molecule has 0 aliphatic carbocycles. The summed E-state index contributed by atoms with van der Waals surface area (Å²) in [5.74, 6) is 1.36. The highest BCUT2D eigenvalue weighted by molar-refractivity contribution is 5.95. The van der Waals surface area contributed by atoms with Crippen LogP contribution in [0.1, 0.15) is 5.56 Å². The van der Waals surface area contributed by atoms with Crippen molar-refractivity contribution in [1.29, 1.82) is 0 Å². The maximum absolute atomic E-state index is 11.8. The number of carbonyl (C=O) groups excluding carboxylic acids is 1. The smallest absolute Gasteiger partial charge is 0.417 e. The molecule has 8 nitrogen and oxygen atoms in total. The van der Waals surface area contributed by atoms with Gasteiger partial charge in [0.1, 0.15) is 18.8 Å². The Morgan fingerprint density at radius 2 is 1.84 bits per heavy atom. The number of ether oxygens (including phenoxy) is 1. The Balaban J connectivity index is 0.00000225. The quantitative estimate of drug-likeness (QED) is 0.416. The number of amides is 1. The summed E-state index contributed by atoms with van der Waals surface area (Å²) in [6, 6.07) is 12.6. The van der Waals surface area contributed by atoms with Gasteiger partial charge in [-0.05, 0) is 36.4 Å². The van der Waals surface area contributed by atoms with Gasteiger partial charge in [-0.2, -0.15) is 0 Å². The number of hydrogen-bond acceptors (Lipinski definition) is 5. The van der Waals surface area contributed by atoms with E-state index in [0.29, 0.717) is 11.4 Å². The summed E-state index contributed by atoms with van der Waals surface area (Å²) in [5, 5.41) is 16.3. The Morgan fingerprint density at radius 3 is 2.40 bits per heavy atom. The van der Waals surface area contributed by atoms with Crippen LogP contribution in [0, 0.1) is 10.1 Å².